The van der Waals surface area contributed by atoms with E-state index in [1.807, 2.05) is 30.3 Å². The van der Waals surface area contributed by atoms with Crippen LogP contribution in [0.5, 0.6) is 5.75 Å². The number of pyridine rings is 1. The monoisotopic (exact) mass is 387 g/mol. The van der Waals surface area contributed by atoms with Crippen LogP contribution in [0, 0.1) is 0 Å². The Labute approximate surface area is 159 Å². The minimum Gasteiger partial charge on any atom is -0.488 e. The lowest BCUT2D eigenvalue weighted by Crippen LogP contribution is -2.07. The number of rotatable bonds is 6. The van der Waals surface area contributed by atoms with Crippen molar-refractivity contribution in [2.75, 3.05) is 0 Å². The quantitative estimate of drug-likeness (QED) is 0.649. The van der Waals surface area contributed by atoms with Crippen LogP contribution in [0.2, 0.25) is 0 Å². The van der Waals surface area contributed by atoms with Gasteiger partial charge in [0.25, 0.3) is 0 Å². The summed E-state index contributed by atoms with van der Waals surface area (Å²) in [5.74, 6) is -0.575. The maximum absolute atomic E-state index is 12.8. The summed E-state index contributed by atoms with van der Waals surface area (Å²) in [6.07, 6.45) is -3.63. The highest BCUT2D eigenvalue weighted by Gasteiger charge is 2.32. The third-order valence-corrected chi connectivity index (χ3v) is 4.00. The van der Waals surface area contributed by atoms with Gasteiger partial charge in [0.1, 0.15) is 18.1 Å². The lowest BCUT2D eigenvalue weighted by molar-refractivity contribution is -0.141. The summed E-state index contributed by atoms with van der Waals surface area (Å²) < 4.78 is 44.1. The Hall–Kier alpha value is -3.35. The maximum atomic E-state index is 12.8. The lowest BCUT2D eigenvalue weighted by atomic mass is 10.0. The van der Waals surface area contributed by atoms with E-state index in [-0.39, 0.29) is 13.0 Å². The van der Waals surface area contributed by atoms with Gasteiger partial charge in [-0.05, 0) is 29.3 Å². The zero-order valence-electron chi connectivity index (χ0n) is 14.6. The van der Waals surface area contributed by atoms with Crippen LogP contribution in [0.25, 0.3) is 11.1 Å². The molecule has 144 valence electrons. The molecule has 3 rings (SSSR count). The highest BCUT2D eigenvalue weighted by molar-refractivity contribution is 5.74. The Morgan fingerprint density at radius 2 is 1.75 bits per heavy atom. The van der Waals surface area contributed by atoms with Gasteiger partial charge in [-0.3, -0.25) is 9.78 Å². The molecule has 28 heavy (non-hydrogen) atoms. The first-order chi connectivity index (χ1) is 13.3. The number of hydrogen-bond acceptors (Lipinski definition) is 3. The minimum absolute atomic E-state index is 0.208. The second kappa shape index (κ2) is 8.12. The van der Waals surface area contributed by atoms with Crippen LogP contribution in [0.1, 0.15) is 16.8 Å². The van der Waals surface area contributed by atoms with E-state index in [1.54, 1.807) is 18.2 Å². The molecule has 4 nitrogen and oxygen atoms in total. The van der Waals surface area contributed by atoms with Gasteiger partial charge in [-0.2, -0.15) is 13.2 Å². The summed E-state index contributed by atoms with van der Waals surface area (Å²) in [6, 6.07) is 16.4. The largest absolute Gasteiger partial charge is 0.488 e. The van der Waals surface area contributed by atoms with E-state index in [2.05, 4.69) is 4.98 Å². The van der Waals surface area contributed by atoms with Gasteiger partial charge in [-0.1, -0.05) is 42.5 Å². The van der Waals surface area contributed by atoms with E-state index in [9.17, 15) is 18.0 Å². The van der Waals surface area contributed by atoms with Crippen molar-refractivity contribution in [3.8, 4) is 16.9 Å². The van der Waals surface area contributed by atoms with E-state index < -0.39 is 17.8 Å². The average Bonchev–Trinajstić information content (AvgIpc) is 2.67. The molecule has 1 heterocycles. The van der Waals surface area contributed by atoms with E-state index in [0.717, 1.165) is 17.8 Å². The highest BCUT2D eigenvalue weighted by atomic mass is 19.4. The summed E-state index contributed by atoms with van der Waals surface area (Å²) in [4.78, 5) is 14.5. The third kappa shape index (κ3) is 4.88. The van der Waals surface area contributed by atoms with Crippen molar-refractivity contribution in [1.29, 1.82) is 0 Å². The SMILES string of the molecule is O=C(O)Cc1ccc(OCc2ccccc2)c(-c2ccc(C(F)(F)F)nc2)c1. The Kier molecular flexibility index (Phi) is 5.63. The Balaban J connectivity index is 1.94. The molecule has 3 aromatic rings. The summed E-state index contributed by atoms with van der Waals surface area (Å²) >= 11 is 0. The van der Waals surface area contributed by atoms with Crippen molar-refractivity contribution in [1.82, 2.24) is 4.98 Å². The maximum Gasteiger partial charge on any atom is 0.433 e. The smallest absolute Gasteiger partial charge is 0.433 e. The molecule has 0 fully saturated rings. The number of nitrogens with zero attached hydrogens (tertiary/aromatic N) is 1. The van der Waals surface area contributed by atoms with E-state index in [4.69, 9.17) is 9.84 Å². The lowest BCUT2D eigenvalue weighted by Gasteiger charge is -2.14. The van der Waals surface area contributed by atoms with Crippen LogP contribution >= 0.6 is 0 Å². The number of ether oxygens (including phenoxy) is 1. The van der Waals surface area contributed by atoms with Gasteiger partial charge < -0.3 is 9.84 Å². The summed E-state index contributed by atoms with van der Waals surface area (Å²) in [6.45, 7) is 0.264. The highest BCUT2D eigenvalue weighted by Crippen LogP contribution is 2.34. The van der Waals surface area contributed by atoms with Crippen LogP contribution in [-0.2, 0) is 24.0 Å². The Morgan fingerprint density at radius 1 is 1.00 bits per heavy atom. The van der Waals surface area contributed by atoms with Crippen molar-refractivity contribution in [2.24, 2.45) is 0 Å². The number of hydrogen-bond donors (Lipinski definition) is 1. The first-order valence-electron chi connectivity index (χ1n) is 8.38. The zero-order chi connectivity index (χ0) is 20.1. The normalized spacial score (nSPS) is 11.2. The van der Waals surface area contributed by atoms with Crippen LogP contribution in [0.15, 0.2) is 66.9 Å². The number of carboxylic acid groups (broad SMARTS) is 1. The molecule has 7 heteroatoms. The molecular formula is C21H16F3NO3. The molecule has 0 unspecified atom stereocenters. The summed E-state index contributed by atoms with van der Waals surface area (Å²) in [7, 11) is 0. The first-order valence-corrected chi connectivity index (χ1v) is 8.38. The van der Waals surface area contributed by atoms with Crippen LogP contribution in [0.3, 0.4) is 0 Å². The van der Waals surface area contributed by atoms with E-state index >= 15 is 0 Å². The number of aliphatic carboxylic acids is 1. The van der Waals surface area contributed by atoms with Gasteiger partial charge in [-0.15, -0.1) is 0 Å². The van der Waals surface area contributed by atoms with Gasteiger partial charge in [0.2, 0.25) is 0 Å². The van der Waals surface area contributed by atoms with Gasteiger partial charge in [-0.25, -0.2) is 0 Å². The number of benzene rings is 2. The summed E-state index contributed by atoms with van der Waals surface area (Å²) in [5.41, 5.74) is 1.33. The van der Waals surface area contributed by atoms with E-state index in [1.165, 1.54) is 6.07 Å². The standard InChI is InChI=1S/C21H16F3NO3/c22-21(23,24)19-9-7-16(12-25-19)17-10-15(11-20(26)27)6-8-18(17)28-13-14-4-2-1-3-5-14/h1-10,12H,11,13H2,(H,26,27). The molecule has 0 aliphatic carbocycles. The van der Waals surface area contributed by atoms with E-state index in [0.29, 0.717) is 22.4 Å². The fourth-order valence-electron chi connectivity index (χ4n) is 2.67. The van der Waals surface area contributed by atoms with Gasteiger partial charge >= 0.3 is 12.1 Å². The van der Waals surface area contributed by atoms with Crippen molar-refractivity contribution < 1.29 is 27.8 Å². The number of alkyl halides is 3. The fraction of sp³-hybridized carbons (Fsp3) is 0.143. The van der Waals surface area contributed by atoms with Gasteiger partial charge in [0, 0.05) is 17.3 Å². The molecule has 2 aromatic carbocycles. The fourth-order valence-corrected chi connectivity index (χ4v) is 2.67. The second-order valence-corrected chi connectivity index (χ2v) is 6.11. The van der Waals surface area contributed by atoms with Gasteiger partial charge in [0.05, 0.1) is 6.42 Å². The van der Waals surface area contributed by atoms with Crippen molar-refractivity contribution in [3.05, 3.63) is 83.7 Å². The first kappa shape index (κ1) is 19.4. The summed E-state index contributed by atoms with van der Waals surface area (Å²) in [5, 5.41) is 9.01. The predicted octanol–water partition coefficient (Wildman–Crippen LogP) is 4.97. The van der Waals surface area contributed by atoms with Crippen molar-refractivity contribution in [3.63, 3.8) is 0 Å². The number of carbonyl (C=O) groups is 1. The predicted molar refractivity (Wildman–Crippen MR) is 96.8 cm³/mol. The zero-order valence-corrected chi connectivity index (χ0v) is 14.6. The second-order valence-electron chi connectivity index (χ2n) is 6.11. The molecule has 0 spiro atoms. The van der Waals surface area contributed by atoms with Crippen LogP contribution in [0.4, 0.5) is 13.2 Å². The number of halogens is 3. The topological polar surface area (TPSA) is 59.4 Å². The molecule has 0 aliphatic heterocycles. The number of aromatic nitrogens is 1. The molecule has 0 amide bonds. The molecule has 0 bridgehead atoms. The Morgan fingerprint density at radius 3 is 2.36 bits per heavy atom. The molecule has 0 saturated carbocycles. The average molecular weight is 387 g/mol. The molecule has 0 aliphatic rings. The molecule has 0 radical (unpaired) electrons. The third-order valence-electron chi connectivity index (χ3n) is 4.00. The minimum atomic E-state index is -4.53. The van der Waals surface area contributed by atoms with Crippen LogP contribution < -0.4 is 4.74 Å². The van der Waals surface area contributed by atoms with Crippen molar-refractivity contribution in [2.45, 2.75) is 19.2 Å². The molecule has 0 atom stereocenters. The molecule has 1 N–H and O–H groups in total. The van der Waals surface area contributed by atoms with Crippen LogP contribution in [-0.4, -0.2) is 16.1 Å². The van der Waals surface area contributed by atoms with Gasteiger partial charge in [0.15, 0.2) is 0 Å². The molecular weight excluding hydrogens is 371 g/mol. The Bertz CT molecular complexity index is 955. The number of carboxylic acids is 1. The molecule has 1 aromatic heterocycles. The van der Waals surface area contributed by atoms with Crippen molar-refractivity contribution >= 4 is 5.97 Å². The molecule has 0 saturated heterocycles.